The molecule has 2 aromatic heterocycles. The van der Waals surface area contributed by atoms with Crippen molar-refractivity contribution in [3.8, 4) is 0 Å². The molecule has 13 nitrogen and oxygen atoms in total. The average molecular weight is 496 g/mol. The third-order valence-corrected chi connectivity index (χ3v) is 6.46. The first kappa shape index (κ1) is 23.7. The molecule has 0 radical (unpaired) electrons. The Morgan fingerprint density at radius 2 is 2.03 bits per heavy atom. The van der Waals surface area contributed by atoms with Crippen LogP contribution in [0.4, 0.5) is 11.5 Å². The molecule has 1 saturated heterocycles. The van der Waals surface area contributed by atoms with E-state index in [0.29, 0.717) is 21.2 Å². The van der Waals surface area contributed by atoms with Crippen LogP contribution in [0.5, 0.6) is 0 Å². The van der Waals surface area contributed by atoms with Gasteiger partial charge in [0.2, 0.25) is 0 Å². The minimum Gasteiger partial charge on any atom is -0.382 e. The molecule has 1 aliphatic heterocycles. The summed E-state index contributed by atoms with van der Waals surface area (Å²) in [5, 5.41) is 11.4. The zero-order valence-corrected chi connectivity index (χ0v) is 19.3. The fourth-order valence-corrected chi connectivity index (χ4v) is 4.75. The minimum atomic E-state index is -2.07. The van der Waals surface area contributed by atoms with Gasteiger partial charge in [-0.3, -0.25) is 14.7 Å². The first-order valence-corrected chi connectivity index (χ1v) is 11.7. The van der Waals surface area contributed by atoms with Crippen molar-refractivity contribution in [1.82, 2.24) is 19.5 Å². The summed E-state index contributed by atoms with van der Waals surface area (Å²) in [6, 6.07) is 6.07. The molecule has 1 aliphatic rings. The Bertz CT molecular complexity index is 1130. The monoisotopic (exact) mass is 496 g/mol. The Hall–Kier alpha value is -2.45. The Morgan fingerprint density at radius 1 is 1.30 bits per heavy atom. The molecule has 0 amide bonds. The highest BCUT2D eigenvalue weighted by atomic mass is 32.2. The van der Waals surface area contributed by atoms with E-state index in [9.17, 15) is 15.0 Å². The maximum absolute atomic E-state index is 11.0. The highest BCUT2D eigenvalue weighted by Gasteiger charge is 2.34. The van der Waals surface area contributed by atoms with Crippen LogP contribution in [0.1, 0.15) is 13.2 Å². The summed E-state index contributed by atoms with van der Waals surface area (Å²) in [6.45, 7) is 1.88. The fraction of sp³-hybridized carbons (Fsp3) is 0.389. The van der Waals surface area contributed by atoms with Crippen molar-refractivity contribution in [1.29, 1.82) is 0 Å². The van der Waals surface area contributed by atoms with Crippen LogP contribution in [0.25, 0.3) is 11.2 Å². The SMILES string of the molecule is COC1COP(O)OCC(C)OC1n1c(Sc2ccc([N+](=O)[O-])cc2)nc2c(N)ncnc21. The van der Waals surface area contributed by atoms with Crippen LogP contribution in [0.15, 0.2) is 40.6 Å². The first-order valence-electron chi connectivity index (χ1n) is 9.71. The Kier molecular flexibility index (Phi) is 7.34. The topological polar surface area (TPSA) is 170 Å². The smallest absolute Gasteiger partial charge is 0.330 e. The number of nitro groups is 1. The Labute approximate surface area is 193 Å². The highest BCUT2D eigenvalue weighted by molar-refractivity contribution is 7.99. The summed E-state index contributed by atoms with van der Waals surface area (Å²) in [7, 11) is -0.575. The summed E-state index contributed by atoms with van der Waals surface area (Å²) in [4.78, 5) is 34.1. The molecule has 0 bridgehead atoms. The molecule has 1 aromatic carbocycles. The number of methoxy groups -OCH3 is 1. The van der Waals surface area contributed by atoms with Gasteiger partial charge in [0.25, 0.3) is 5.69 Å². The number of hydrogen-bond donors (Lipinski definition) is 2. The maximum atomic E-state index is 11.0. The number of nitrogens with two attached hydrogens (primary N) is 1. The number of nitro benzene ring substituents is 1. The third-order valence-electron chi connectivity index (χ3n) is 4.75. The summed E-state index contributed by atoms with van der Waals surface area (Å²) in [5.74, 6) is 0.188. The van der Waals surface area contributed by atoms with Gasteiger partial charge in [-0.2, -0.15) is 0 Å². The van der Waals surface area contributed by atoms with Crippen molar-refractivity contribution in [3.05, 3.63) is 40.7 Å². The lowest BCUT2D eigenvalue weighted by Crippen LogP contribution is -2.34. The molecule has 0 spiro atoms. The van der Waals surface area contributed by atoms with E-state index in [-0.39, 0.29) is 24.7 Å². The number of non-ortho nitro benzene ring substituents is 1. The van der Waals surface area contributed by atoms with Gasteiger partial charge in [0, 0.05) is 24.1 Å². The van der Waals surface area contributed by atoms with E-state index in [4.69, 9.17) is 24.3 Å². The lowest BCUT2D eigenvalue weighted by molar-refractivity contribution is -0.384. The van der Waals surface area contributed by atoms with Crippen LogP contribution in [0, 0.1) is 10.1 Å². The van der Waals surface area contributed by atoms with Gasteiger partial charge >= 0.3 is 8.60 Å². The molecule has 176 valence electrons. The van der Waals surface area contributed by atoms with Crippen LogP contribution in [-0.2, 0) is 18.5 Å². The molecule has 3 N–H and O–H groups in total. The molecule has 4 rings (SSSR count). The molecule has 3 heterocycles. The summed E-state index contributed by atoms with van der Waals surface area (Å²) < 4.78 is 24.3. The Morgan fingerprint density at radius 3 is 2.73 bits per heavy atom. The fourth-order valence-electron chi connectivity index (χ4n) is 3.15. The van der Waals surface area contributed by atoms with Crippen LogP contribution >= 0.6 is 20.4 Å². The van der Waals surface area contributed by atoms with Crippen molar-refractivity contribution >= 4 is 43.0 Å². The first-order chi connectivity index (χ1) is 15.9. The van der Waals surface area contributed by atoms with Crippen molar-refractivity contribution < 1.29 is 28.3 Å². The van der Waals surface area contributed by atoms with Gasteiger partial charge in [0.05, 0.1) is 24.2 Å². The van der Waals surface area contributed by atoms with Crippen LogP contribution in [0.2, 0.25) is 0 Å². The molecule has 4 atom stereocenters. The van der Waals surface area contributed by atoms with Gasteiger partial charge in [-0.1, -0.05) is 11.8 Å². The number of rotatable bonds is 5. The van der Waals surface area contributed by atoms with Gasteiger partial charge in [-0.15, -0.1) is 0 Å². The predicted molar refractivity (Wildman–Crippen MR) is 118 cm³/mol. The Balaban J connectivity index is 1.80. The normalized spacial score (nSPS) is 24.2. The summed E-state index contributed by atoms with van der Waals surface area (Å²) in [6.07, 6.45) is -0.533. The van der Waals surface area contributed by atoms with Crippen molar-refractivity contribution in [2.24, 2.45) is 0 Å². The number of aromatic nitrogens is 4. The van der Waals surface area contributed by atoms with Crippen LogP contribution < -0.4 is 5.73 Å². The molecular formula is C18H21N6O7PS. The molecular weight excluding hydrogens is 475 g/mol. The summed E-state index contributed by atoms with van der Waals surface area (Å²) >= 11 is 1.25. The van der Waals surface area contributed by atoms with Gasteiger partial charge < -0.3 is 29.1 Å². The highest BCUT2D eigenvalue weighted by Crippen LogP contribution is 2.39. The lowest BCUT2D eigenvalue weighted by atomic mass is 10.3. The molecule has 4 unspecified atom stereocenters. The molecule has 0 saturated carbocycles. The molecule has 15 heteroatoms. The quantitative estimate of drug-likeness (QED) is 0.301. The average Bonchev–Trinajstić information content (AvgIpc) is 3.18. The number of benzene rings is 1. The largest absolute Gasteiger partial charge is 0.382 e. The van der Waals surface area contributed by atoms with Crippen molar-refractivity contribution in [2.75, 3.05) is 26.1 Å². The van der Waals surface area contributed by atoms with Crippen LogP contribution in [-0.4, -0.2) is 61.9 Å². The maximum Gasteiger partial charge on any atom is 0.330 e. The number of imidazole rings is 1. The zero-order valence-electron chi connectivity index (χ0n) is 17.6. The van der Waals surface area contributed by atoms with Gasteiger partial charge in [-0.25, -0.2) is 15.0 Å². The number of nitrogens with zero attached hydrogens (tertiary/aromatic N) is 5. The number of anilines is 1. The van der Waals surface area contributed by atoms with E-state index >= 15 is 0 Å². The molecule has 1 fully saturated rings. The standard InChI is InChI=1S/C18H21N6O7PS/c1-10-7-29-32(27)30-8-13(28-2)17(31-10)23-16-14(15(19)20-9-21-16)22-18(23)33-12-5-3-11(4-6-12)24(25)26/h3-6,9-10,13,17,27H,7-8H2,1-2H3,(H2,19,20,21). The van der Waals surface area contributed by atoms with E-state index in [2.05, 4.69) is 15.0 Å². The number of fused-ring (bicyclic) bond motifs is 1. The lowest BCUT2D eigenvalue weighted by Gasteiger charge is -2.29. The van der Waals surface area contributed by atoms with E-state index < -0.39 is 32.0 Å². The van der Waals surface area contributed by atoms with E-state index in [1.54, 1.807) is 23.6 Å². The van der Waals surface area contributed by atoms with Gasteiger partial charge in [0.15, 0.2) is 28.4 Å². The molecule has 3 aromatic rings. The number of nitrogen functional groups attached to an aromatic ring is 1. The molecule has 33 heavy (non-hydrogen) atoms. The van der Waals surface area contributed by atoms with E-state index in [1.807, 2.05) is 0 Å². The van der Waals surface area contributed by atoms with E-state index in [1.165, 1.54) is 37.3 Å². The second-order valence-electron chi connectivity index (χ2n) is 6.99. The van der Waals surface area contributed by atoms with Gasteiger partial charge in [0.1, 0.15) is 12.4 Å². The molecule has 0 aliphatic carbocycles. The second-order valence-corrected chi connectivity index (χ2v) is 9.02. The van der Waals surface area contributed by atoms with Crippen molar-refractivity contribution in [3.63, 3.8) is 0 Å². The van der Waals surface area contributed by atoms with E-state index in [0.717, 1.165) is 0 Å². The third kappa shape index (κ3) is 5.22. The van der Waals surface area contributed by atoms with Crippen LogP contribution in [0.3, 0.4) is 0 Å². The predicted octanol–water partition coefficient (Wildman–Crippen LogP) is 2.65. The second kappa shape index (κ2) is 10.2. The summed E-state index contributed by atoms with van der Waals surface area (Å²) in [5.41, 5.74) is 6.81. The van der Waals surface area contributed by atoms with Gasteiger partial charge in [-0.05, 0) is 19.1 Å². The zero-order chi connectivity index (χ0) is 23.5. The number of hydrogen-bond acceptors (Lipinski definition) is 12. The van der Waals surface area contributed by atoms with Crippen molar-refractivity contribution in [2.45, 2.75) is 35.4 Å². The minimum absolute atomic E-state index is 0.0159. The number of ether oxygens (including phenoxy) is 2.